The van der Waals surface area contributed by atoms with Crippen LogP contribution in [0.3, 0.4) is 0 Å². The Balaban J connectivity index is 1.48. The first-order valence-electron chi connectivity index (χ1n) is 7.35. The minimum absolute atomic E-state index is 0.188. The maximum atomic E-state index is 12.0. The standard InChI is InChI=1S/C16H19NO4/c18-15(19)14-12-6-8-17(9-7-13(12)14)16(20)21-10-11-4-2-1-3-5-11/h1-5,12-14H,6-10H2,(H,18,19)/t12-,13+,14?. The van der Waals surface area contributed by atoms with E-state index in [-0.39, 0.29) is 30.5 Å². The quantitative estimate of drug-likeness (QED) is 0.927. The van der Waals surface area contributed by atoms with E-state index < -0.39 is 5.97 Å². The van der Waals surface area contributed by atoms with Crippen LogP contribution in [0.15, 0.2) is 30.3 Å². The SMILES string of the molecule is O=C(O)C1[C@H]2CCN(C(=O)OCc3ccccc3)CC[C@@H]12. The summed E-state index contributed by atoms with van der Waals surface area (Å²) in [5, 5.41) is 9.06. The number of benzene rings is 1. The number of ether oxygens (including phenoxy) is 1. The first-order chi connectivity index (χ1) is 10.2. The topological polar surface area (TPSA) is 66.8 Å². The van der Waals surface area contributed by atoms with Gasteiger partial charge in [-0.05, 0) is 30.2 Å². The van der Waals surface area contributed by atoms with Gasteiger partial charge < -0.3 is 14.7 Å². The van der Waals surface area contributed by atoms with Crippen LogP contribution >= 0.6 is 0 Å². The molecule has 1 amide bonds. The van der Waals surface area contributed by atoms with Crippen LogP contribution in [0, 0.1) is 17.8 Å². The molecule has 1 heterocycles. The second kappa shape index (κ2) is 5.76. The van der Waals surface area contributed by atoms with Gasteiger partial charge in [0, 0.05) is 13.1 Å². The molecule has 0 spiro atoms. The molecule has 0 radical (unpaired) electrons. The summed E-state index contributed by atoms with van der Waals surface area (Å²) in [6.45, 7) is 1.47. The summed E-state index contributed by atoms with van der Waals surface area (Å²) in [6, 6.07) is 9.58. The normalized spacial score (nSPS) is 27.4. The largest absolute Gasteiger partial charge is 0.481 e. The Morgan fingerprint density at radius 2 is 1.76 bits per heavy atom. The molecule has 112 valence electrons. The van der Waals surface area contributed by atoms with E-state index in [1.807, 2.05) is 30.3 Å². The molecule has 1 aromatic carbocycles. The van der Waals surface area contributed by atoms with Crippen molar-refractivity contribution in [1.29, 1.82) is 0 Å². The summed E-state index contributed by atoms with van der Waals surface area (Å²) in [7, 11) is 0. The lowest BCUT2D eigenvalue weighted by molar-refractivity contribution is -0.139. The Kier molecular flexibility index (Phi) is 3.82. The van der Waals surface area contributed by atoms with Gasteiger partial charge in [0.05, 0.1) is 5.92 Å². The fourth-order valence-electron chi connectivity index (χ4n) is 3.31. The molecule has 1 saturated heterocycles. The average Bonchev–Trinajstić information content (AvgIpc) is 3.21. The second-order valence-electron chi connectivity index (χ2n) is 5.80. The first-order valence-corrected chi connectivity index (χ1v) is 7.35. The highest BCUT2D eigenvalue weighted by molar-refractivity contribution is 5.74. The van der Waals surface area contributed by atoms with Crippen molar-refractivity contribution in [3.63, 3.8) is 0 Å². The van der Waals surface area contributed by atoms with Gasteiger partial charge in [-0.15, -0.1) is 0 Å². The molecule has 1 saturated carbocycles. The van der Waals surface area contributed by atoms with Crippen molar-refractivity contribution in [1.82, 2.24) is 4.90 Å². The first kappa shape index (κ1) is 13.9. The molecule has 1 N–H and O–H groups in total. The summed E-state index contributed by atoms with van der Waals surface area (Å²) in [4.78, 5) is 24.8. The number of amides is 1. The number of rotatable bonds is 3. The summed E-state index contributed by atoms with van der Waals surface area (Å²) in [5.41, 5.74) is 0.967. The van der Waals surface area contributed by atoms with Crippen LogP contribution in [-0.4, -0.2) is 35.2 Å². The van der Waals surface area contributed by atoms with Crippen molar-refractivity contribution < 1.29 is 19.4 Å². The zero-order valence-electron chi connectivity index (χ0n) is 11.8. The average molecular weight is 289 g/mol. The van der Waals surface area contributed by atoms with Crippen molar-refractivity contribution in [2.75, 3.05) is 13.1 Å². The molecule has 3 rings (SSSR count). The van der Waals surface area contributed by atoms with E-state index in [9.17, 15) is 9.59 Å². The summed E-state index contributed by atoms with van der Waals surface area (Å²) >= 11 is 0. The summed E-state index contributed by atoms with van der Waals surface area (Å²) in [6.07, 6.45) is 1.23. The van der Waals surface area contributed by atoms with Crippen molar-refractivity contribution >= 4 is 12.1 Å². The summed E-state index contributed by atoms with van der Waals surface area (Å²) in [5.74, 6) is -0.388. The highest BCUT2D eigenvalue weighted by Crippen LogP contribution is 2.52. The molecular weight excluding hydrogens is 270 g/mol. The third-order valence-electron chi connectivity index (χ3n) is 4.54. The fraction of sp³-hybridized carbons (Fsp3) is 0.500. The van der Waals surface area contributed by atoms with Crippen LogP contribution in [0.25, 0.3) is 0 Å². The van der Waals surface area contributed by atoms with E-state index in [1.165, 1.54) is 0 Å². The van der Waals surface area contributed by atoms with Gasteiger partial charge in [0.25, 0.3) is 0 Å². The highest BCUT2D eigenvalue weighted by atomic mass is 16.6. The Hall–Kier alpha value is -2.04. The maximum absolute atomic E-state index is 12.0. The van der Waals surface area contributed by atoms with Crippen LogP contribution < -0.4 is 0 Å². The lowest BCUT2D eigenvalue weighted by atomic mass is 10.2. The van der Waals surface area contributed by atoms with E-state index in [4.69, 9.17) is 9.84 Å². The molecule has 3 atom stereocenters. The minimum atomic E-state index is -0.690. The number of fused-ring (bicyclic) bond motifs is 1. The number of likely N-dealkylation sites (tertiary alicyclic amines) is 1. The van der Waals surface area contributed by atoms with Gasteiger partial charge in [-0.1, -0.05) is 30.3 Å². The second-order valence-corrected chi connectivity index (χ2v) is 5.80. The Morgan fingerprint density at radius 3 is 2.33 bits per heavy atom. The van der Waals surface area contributed by atoms with Crippen LogP contribution in [0.5, 0.6) is 0 Å². The zero-order chi connectivity index (χ0) is 14.8. The van der Waals surface area contributed by atoms with Crippen LogP contribution in [0.2, 0.25) is 0 Å². The third kappa shape index (κ3) is 3.01. The zero-order valence-corrected chi connectivity index (χ0v) is 11.8. The maximum Gasteiger partial charge on any atom is 0.410 e. The van der Waals surface area contributed by atoms with Gasteiger partial charge in [0.1, 0.15) is 6.61 Å². The van der Waals surface area contributed by atoms with Crippen molar-refractivity contribution in [3.05, 3.63) is 35.9 Å². The Bertz CT molecular complexity index is 516. The van der Waals surface area contributed by atoms with Crippen LogP contribution in [0.4, 0.5) is 4.79 Å². The molecule has 21 heavy (non-hydrogen) atoms. The van der Waals surface area contributed by atoms with Gasteiger partial charge in [-0.2, -0.15) is 0 Å². The molecule has 2 fully saturated rings. The molecule has 1 unspecified atom stereocenters. The molecular formula is C16H19NO4. The monoisotopic (exact) mass is 289 g/mol. The number of hydrogen-bond acceptors (Lipinski definition) is 3. The van der Waals surface area contributed by atoms with E-state index in [0.717, 1.165) is 18.4 Å². The Morgan fingerprint density at radius 1 is 1.14 bits per heavy atom. The predicted molar refractivity (Wildman–Crippen MR) is 75.5 cm³/mol. The smallest absolute Gasteiger partial charge is 0.410 e. The molecule has 1 aromatic rings. The van der Waals surface area contributed by atoms with E-state index >= 15 is 0 Å². The number of nitrogens with zero attached hydrogens (tertiary/aromatic N) is 1. The van der Waals surface area contributed by atoms with Crippen molar-refractivity contribution in [2.24, 2.45) is 17.8 Å². The van der Waals surface area contributed by atoms with Gasteiger partial charge in [-0.3, -0.25) is 4.79 Å². The van der Waals surface area contributed by atoms with E-state index in [2.05, 4.69) is 0 Å². The molecule has 0 aromatic heterocycles. The van der Waals surface area contributed by atoms with Crippen molar-refractivity contribution in [2.45, 2.75) is 19.4 Å². The molecule has 5 heteroatoms. The van der Waals surface area contributed by atoms with Gasteiger partial charge in [-0.25, -0.2) is 4.79 Å². The molecule has 5 nitrogen and oxygen atoms in total. The summed E-state index contributed by atoms with van der Waals surface area (Å²) < 4.78 is 5.32. The van der Waals surface area contributed by atoms with Crippen LogP contribution in [-0.2, 0) is 16.1 Å². The number of aliphatic carboxylic acids is 1. The third-order valence-corrected chi connectivity index (χ3v) is 4.54. The van der Waals surface area contributed by atoms with Crippen molar-refractivity contribution in [3.8, 4) is 0 Å². The highest BCUT2D eigenvalue weighted by Gasteiger charge is 2.55. The minimum Gasteiger partial charge on any atom is -0.481 e. The van der Waals surface area contributed by atoms with Crippen LogP contribution in [0.1, 0.15) is 18.4 Å². The van der Waals surface area contributed by atoms with Gasteiger partial charge in [0.15, 0.2) is 0 Å². The Labute approximate surface area is 123 Å². The predicted octanol–water partition coefficient (Wildman–Crippen LogP) is 2.37. The van der Waals surface area contributed by atoms with Gasteiger partial charge in [0.2, 0.25) is 0 Å². The van der Waals surface area contributed by atoms with E-state index in [1.54, 1.807) is 4.90 Å². The molecule has 1 aliphatic heterocycles. The lowest BCUT2D eigenvalue weighted by Gasteiger charge is -2.20. The molecule has 2 aliphatic rings. The molecule has 0 bridgehead atoms. The molecule has 1 aliphatic carbocycles. The lowest BCUT2D eigenvalue weighted by Crippen LogP contribution is -2.33. The number of carboxylic acid groups (broad SMARTS) is 1. The fourth-order valence-corrected chi connectivity index (χ4v) is 3.31. The number of carbonyl (C=O) groups excluding carboxylic acids is 1. The number of hydrogen-bond donors (Lipinski definition) is 1. The van der Waals surface area contributed by atoms with Gasteiger partial charge >= 0.3 is 12.1 Å². The van der Waals surface area contributed by atoms with E-state index in [0.29, 0.717) is 13.1 Å². The number of carboxylic acids is 1. The number of carbonyl (C=O) groups is 2.